The molecule has 1 heterocycles. The molecule has 0 bridgehead atoms. The number of hydrogen-bond donors (Lipinski definition) is 1. The smallest absolute Gasteiger partial charge is 0.191 e. The second-order valence-corrected chi connectivity index (χ2v) is 7.72. The predicted molar refractivity (Wildman–Crippen MR) is 95.2 cm³/mol. The summed E-state index contributed by atoms with van der Waals surface area (Å²) in [5.74, 6) is 2.93. The van der Waals surface area contributed by atoms with Crippen LogP contribution in [0.5, 0.6) is 0 Å². The molecule has 1 aliphatic rings. The molecule has 1 aliphatic heterocycles. The van der Waals surface area contributed by atoms with Crippen molar-refractivity contribution in [2.75, 3.05) is 24.6 Å². The van der Waals surface area contributed by atoms with Gasteiger partial charge in [-0.3, -0.25) is 0 Å². The molecule has 0 radical (unpaired) electrons. The summed E-state index contributed by atoms with van der Waals surface area (Å²) in [6.07, 6.45) is 0. The van der Waals surface area contributed by atoms with E-state index in [1.54, 1.807) is 0 Å². The highest BCUT2D eigenvalue weighted by molar-refractivity contribution is 7.99. The fourth-order valence-electron chi connectivity index (χ4n) is 2.18. The SMILES string of the molecule is CC(C)(C)OCc1cccc(CN=C(N)N2CCSCC2)c1. The largest absolute Gasteiger partial charge is 0.371 e. The topological polar surface area (TPSA) is 50.9 Å². The van der Waals surface area contributed by atoms with Gasteiger partial charge in [-0.15, -0.1) is 0 Å². The van der Waals surface area contributed by atoms with E-state index in [1.165, 1.54) is 11.1 Å². The van der Waals surface area contributed by atoms with Crippen molar-refractivity contribution < 1.29 is 4.74 Å². The molecule has 1 aromatic rings. The van der Waals surface area contributed by atoms with E-state index in [4.69, 9.17) is 10.5 Å². The van der Waals surface area contributed by atoms with Crippen LogP contribution in [0.4, 0.5) is 0 Å². The summed E-state index contributed by atoms with van der Waals surface area (Å²) in [5.41, 5.74) is 8.32. The molecule has 122 valence electrons. The van der Waals surface area contributed by atoms with Gasteiger partial charge in [0.25, 0.3) is 0 Å². The van der Waals surface area contributed by atoms with Gasteiger partial charge < -0.3 is 15.4 Å². The Balaban J connectivity index is 1.92. The van der Waals surface area contributed by atoms with E-state index >= 15 is 0 Å². The first kappa shape index (κ1) is 17.2. The van der Waals surface area contributed by atoms with Crippen molar-refractivity contribution in [2.45, 2.75) is 39.5 Å². The molecule has 5 heteroatoms. The Morgan fingerprint density at radius 3 is 2.64 bits per heavy atom. The Labute approximate surface area is 138 Å². The predicted octanol–water partition coefficient (Wildman–Crippen LogP) is 2.87. The van der Waals surface area contributed by atoms with E-state index in [0.29, 0.717) is 19.1 Å². The van der Waals surface area contributed by atoms with Gasteiger partial charge in [0.2, 0.25) is 0 Å². The van der Waals surface area contributed by atoms with Gasteiger partial charge in [0.1, 0.15) is 0 Å². The number of rotatable bonds is 4. The van der Waals surface area contributed by atoms with E-state index in [-0.39, 0.29) is 5.60 Å². The number of benzene rings is 1. The molecule has 0 aliphatic carbocycles. The highest BCUT2D eigenvalue weighted by atomic mass is 32.2. The Kier molecular flexibility index (Phi) is 6.15. The molecule has 4 nitrogen and oxygen atoms in total. The van der Waals surface area contributed by atoms with E-state index < -0.39 is 0 Å². The molecule has 0 spiro atoms. The monoisotopic (exact) mass is 321 g/mol. The second-order valence-electron chi connectivity index (χ2n) is 6.49. The van der Waals surface area contributed by atoms with Crippen molar-refractivity contribution in [3.8, 4) is 0 Å². The van der Waals surface area contributed by atoms with Crippen molar-refractivity contribution in [3.63, 3.8) is 0 Å². The van der Waals surface area contributed by atoms with Crippen LogP contribution in [0.2, 0.25) is 0 Å². The van der Waals surface area contributed by atoms with Crippen LogP contribution in [0.25, 0.3) is 0 Å². The van der Waals surface area contributed by atoms with Crippen molar-refractivity contribution >= 4 is 17.7 Å². The average Bonchev–Trinajstić information content (AvgIpc) is 2.51. The summed E-state index contributed by atoms with van der Waals surface area (Å²) < 4.78 is 5.82. The Bertz CT molecular complexity index is 505. The molecule has 1 fully saturated rings. The molecular weight excluding hydrogens is 294 g/mol. The summed E-state index contributed by atoms with van der Waals surface area (Å²) in [6.45, 7) is 9.45. The lowest BCUT2D eigenvalue weighted by atomic mass is 10.1. The van der Waals surface area contributed by atoms with Crippen molar-refractivity contribution in [1.82, 2.24) is 4.90 Å². The number of guanidine groups is 1. The summed E-state index contributed by atoms with van der Waals surface area (Å²) in [5, 5.41) is 0. The standard InChI is InChI=1S/C17H27N3OS/c1-17(2,3)21-13-15-6-4-5-14(11-15)12-19-16(18)20-7-9-22-10-8-20/h4-6,11H,7-10,12-13H2,1-3H3,(H2,18,19). The van der Waals surface area contributed by atoms with Gasteiger partial charge in [0.15, 0.2) is 5.96 Å². The molecule has 0 unspecified atom stereocenters. The van der Waals surface area contributed by atoms with Gasteiger partial charge >= 0.3 is 0 Å². The molecular formula is C17H27N3OS. The maximum atomic E-state index is 6.09. The van der Waals surface area contributed by atoms with E-state index in [9.17, 15) is 0 Å². The van der Waals surface area contributed by atoms with Gasteiger partial charge in [0, 0.05) is 24.6 Å². The average molecular weight is 321 g/mol. The van der Waals surface area contributed by atoms with Crippen LogP contribution in [-0.4, -0.2) is 41.1 Å². The Morgan fingerprint density at radius 1 is 1.27 bits per heavy atom. The maximum Gasteiger partial charge on any atom is 0.191 e. The normalized spacial score (nSPS) is 16.9. The maximum absolute atomic E-state index is 6.09. The summed E-state index contributed by atoms with van der Waals surface area (Å²) in [4.78, 5) is 6.71. The minimum Gasteiger partial charge on any atom is -0.371 e. The summed E-state index contributed by atoms with van der Waals surface area (Å²) in [7, 11) is 0. The third-order valence-electron chi connectivity index (χ3n) is 3.42. The number of nitrogens with two attached hydrogens (primary N) is 1. The molecule has 1 saturated heterocycles. The fraction of sp³-hybridized carbons (Fsp3) is 0.588. The van der Waals surface area contributed by atoms with Gasteiger partial charge in [0.05, 0.1) is 18.8 Å². The Morgan fingerprint density at radius 2 is 1.95 bits per heavy atom. The molecule has 0 aromatic heterocycles. The lowest BCUT2D eigenvalue weighted by Gasteiger charge is -2.27. The van der Waals surface area contributed by atoms with Gasteiger partial charge in [-0.2, -0.15) is 11.8 Å². The second kappa shape index (κ2) is 7.88. The number of thioether (sulfide) groups is 1. The quantitative estimate of drug-likeness (QED) is 0.684. The van der Waals surface area contributed by atoms with Crippen molar-refractivity contribution in [3.05, 3.63) is 35.4 Å². The van der Waals surface area contributed by atoms with Crippen LogP contribution in [-0.2, 0) is 17.9 Å². The summed E-state index contributed by atoms with van der Waals surface area (Å²) in [6, 6.07) is 8.38. The van der Waals surface area contributed by atoms with Crippen LogP contribution in [0.15, 0.2) is 29.3 Å². The van der Waals surface area contributed by atoms with E-state index in [2.05, 4.69) is 54.9 Å². The number of aliphatic imine (C=N–C) groups is 1. The zero-order valence-corrected chi connectivity index (χ0v) is 14.7. The first-order valence-electron chi connectivity index (χ1n) is 7.78. The fourth-order valence-corrected chi connectivity index (χ4v) is 3.09. The van der Waals surface area contributed by atoms with Crippen molar-refractivity contribution in [2.24, 2.45) is 10.7 Å². The highest BCUT2D eigenvalue weighted by Crippen LogP contribution is 2.14. The minimum absolute atomic E-state index is 0.120. The van der Waals surface area contributed by atoms with Crippen LogP contribution in [0.1, 0.15) is 31.9 Å². The highest BCUT2D eigenvalue weighted by Gasteiger charge is 2.12. The third-order valence-corrected chi connectivity index (χ3v) is 4.36. The molecule has 0 amide bonds. The van der Waals surface area contributed by atoms with Gasteiger partial charge in [-0.05, 0) is 31.9 Å². The van der Waals surface area contributed by atoms with Crippen LogP contribution < -0.4 is 5.73 Å². The molecule has 0 saturated carbocycles. The number of ether oxygens (including phenoxy) is 1. The van der Waals surface area contributed by atoms with E-state index in [1.807, 2.05) is 11.8 Å². The van der Waals surface area contributed by atoms with Crippen LogP contribution >= 0.6 is 11.8 Å². The Hall–Kier alpha value is -1.20. The first-order chi connectivity index (χ1) is 10.4. The number of nitrogens with zero attached hydrogens (tertiary/aromatic N) is 2. The molecule has 1 aromatic carbocycles. The van der Waals surface area contributed by atoms with Gasteiger partial charge in [-0.1, -0.05) is 24.3 Å². The van der Waals surface area contributed by atoms with Gasteiger partial charge in [-0.25, -0.2) is 4.99 Å². The zero-order chi connectivity index (χ0) is 16.0. The van der Waals surface area contributed by atoms with Crippen LogP contribution in [0.3, 0.4) is 0 Å². The first-order valence-corrected chi connectivity index (χ1v) is 8.94. The minimum atomic E-state index is -0.120. The van der Waals surface area contributed by atoms with E-state index in [0.717, 1.165) is 24.6 Å². The number of hydrogen-bond acceptors (Lipinski definition) is 3. The van der Waals surface area contributed by atoms with Crippen molar-refractivity contribution in [1.29, 1.82) is 0 Å². The molecule has 2 rings (SSSR count). The molecule has 0 atom stereocenters. The lowest BCUT2D eigenvalue weighted by Crippen LogP contribution is -2.42. The molecule has 2 N–H and O–H groups in total. The van der Waals surface area contributed by atoms with Crippen LogP contribution in [0, 0.1) is 0 Å². The lowest BCUT2D eigenvalue weighted by molar-refractivity contribution is -0.0149. The third kappa shape index (κ3) is 5.89. The summed E-state index contributed by atoms with van der Waals surface area (Å²) >= 11 is 1.97. The zero-order valence-electron chi connectivity index (χ0n) is 13.8. The molecule has 22 heavy (non-hydrogen) atoms.